The second-order valence-electron chi connectivity index (χ2n) is 3.40. The van der Waals surface area contributed by atoms with E-state index in [0.29, 0.717) is 0 Å². The van der Waals surface area contributed by atoms with Gasteiger partial charge in [-0.1, -0.05) is 37.1 Å². The summed E-state index contributed by atoms with van der Waals surface area (Å²) < 4.78 is 0. The molecule has 0 aliphatic carbocycles. The molecule has 0 saturated carbocycles. The van der Waals surface area contributed by atoms with Crippen molar-refractivity contribution in [1.29, 1.82) is 0 Å². The summed E-state index contributed by atoms with van der Waals surface area (Å²) in [6.45, 7) is 10.2. The Morgan fingerprint density at radius 2 is 1.93 bits per heavy atom. The summed E-state index contributed by atoms with van der Waals surface area (Å²) in [4.78, 5) is 4.07. The van der Waals surface area contributed by atoms with Crippen molar-refractivity contribution in [2.45, 2.75) is 33.6 Å². The van der Waals surface area contributed by atoms with E-state index in [1.54, 1.807) is 13.1 Å². The molecule has 0 saturated heterocycles. The van der Waals surface area contributed by atoms with E-state index in [1.165, 1.54) is 24.0 Å². The topological polar surface area (TPSA) is 12.4 Å². The van der Waals surface area contributed by atoms with Crippen LogP contribution >= 0.6 is 0 Å². The first kappa shape index (κ1) is 12.9. The number of allylic oxidation sites excluding steroid dienone is 5. The van der Waals surface area contributed by atoms with Crippen molar-refractivity contribution in [2.75, 3.05) is 7.05 Å². The summed E-state index contributed by atoms with van der Waals surface area (Å²) >= 11 is 0. The molecule has 0 fully saturated rings. The summed E-state index contributed by atoms with van der Waals surface area (Å²) in [5.74, 6) is 0. The van der Waals surface area contributed by atoms with Gasteiger partial charge in [0, 0.05) is 7.05 Å². The van der Waals surface area contributed by atoms with Gasteiger partial charge in [-0.3, -0.25) is 4.99 Å². The van der Waals surface area contributed by atoms with E-state index in [0.717, 1.165) is 5.71 Å². The first-order valence-electron chi connectivity index (χ1n) is 5.09. The average Bonchev–Trinajstić information content (AvgIpc) is 2.19. The minimum absolute atomic E-state index is 0.925. The largest absolute Gasteiger partial charge is 0.289 e. The summed E-state index contributed by atoms with van der Waals surface area (Å²) in [6, 6.07) is 0. The van der Waals surface area contributed by atoms with Crippen LogP contribution in [-0.2, 0) is 0 Å². The molecule has 1 heteroatoms. The second kappa shape index (κ2) is 7.31. The molecule has 0 spiro atoms. The van der Waals surface area contributed by atoms with Crippen LogP contribution in [0.15, 0.2) is 40.9 Å². The van der Waals surface area contributed by atoms with Crippen LogP contribution in [0.3, 0.4) is 0 Å². The lowest BCUT2D eigenvalue weighted by Crippen LogP contribution is -1.87. The first-order chi connectivity index (χ1) is 6.65. The molecular formula is C13H21N. The lowest BCUT2D eigenvalue weighted by molar-refractivity contribution is 0.895. The third-order valence-electron chi connectivity index (χ3n) is 2.27. The van der Waals surface area contributed by atoms with Crippen molar-refractivity contribution >= 4 is 5.71 Å². The molecule has 0 bridgehead atoms. The van der Waals surface area contributed by atoms with Gasteiger partial charge in [0.05, 0.1) is 5.71 Å². The molecule has 0 amide bonds. The van der Waals surface area contributed by atoms with Crippen LogP contribution in [0.2, 0.25) is 0 Å². The van der Waals surface area contributed by atoms with E-state index < -0.39 is 0 Å². The maximum Gasteiger partial charge on any atom is 0.0565 e. The van der Waals surface area contributed by atoms with Crippen LogP contribution < -0.4 is 0 Å². The Morgan fingerprint density at radius 1 is 1.29 bits per heavy atom. The third kappa shape index (κ3) is 4.80. The van der Waals surface area contributed by atoms with Crippen molar-refractivity contribution in [3.8, 4) is 0 Å². The van der Waals surface area contributed by atoms with Gasteiger partial charge in [-0.15, -0.1) is 0 Å². The van der Waals surface area contributed by atoms with E-state index in [-0.39, 0.29) is 0 Å². The Bertz CT molecular complexity index is 267. The van der Waals surface area contributed by atoms with E-state index in [2.05, 4.69) is 38.4 Å². The van der Waals surface area contributed by atoms with Gasteiger partial charge in [-0.05, 0) is 32.4 Å². The van der Waals surface area contributed by atoms with Gasteiger partial charge in [-0.2, -0.15) is 0 Å². The quantitative estimate of drug-likeness (QED) is 0.461. The molecular weight excluding hydrogens is 170 g/mol. The molecule has 0 aromatic heterocycles. The summed E-state index contributed by atoms with van der Waals surface area (Å²) in [5.41, 5.74) is 3.70. The Morgan fingerprint density at radius 3 is 2.36 bits per heavy atom. The fourth-order valence-electron chi connectivity index (χ4n) is 1.16. The van der Waals surface area contributed by atoms with Crippen LogP contribution in [0.25, 0.3) is 0 Å². The minimum atomic E-state index is 0.925. The van der Waals surface area contributed by atoms with Crippen LogP contribution in [0.5, 0.6) is 0 Å². The van der Waals surface area contributed by atoms with Gasteiger partial charge in [0.2, 0.25) is 0 Å². The fraction of sp³-hybridized carbons (Fsp3) is 0.462. The molecule has 0 aromatic carbocycles. The third-order valence-corrected chi connectivity index (χ3v) is 2.27. The molecule has 78 valence electrons. The lowest BCUT2D eigenvalue weighted by atomic mass is 10.1. The summed E-state index contributed by atoms with van der Waals surface area (Å²) in [7, 11) is 1.78. The van der Waals surface area contributed by atoms with Gasteiger partial charge in [0.25, 0.3) is 0 Å². The average molecular weight is 191 g/mol. The number of hydrogen-bond acceptors (Lipinski definition) is 1. The molecule has 0 unspecified atom stereocenters. The summed E-state index contributed by atoms with van der Waals surface area (Å²) in [5, 5.41) is 0. The monoisotopic (exact) mass is 191 g/mol. The van der Waals surface area contributed by atoms with Crippen LogP contribution in [0, 0.1) is 0 Å². The molecule has 0 aromatic rings. The SMILES string of the molecule is C=CC(/C=C\C(C)=C(/C)CCC)=NC. The highest BCUT2D eigenvalue weighted by Crippen LogP contribution is 2.10. The van der Waals surface area contributed by atoms with Crippen molar-refractivity contribution in [1.82, 2.24) is 0 Å². The molecule has 0 heterocycles. The lowest BCUT2D eigenvalue weighted by Gasteiger charge is -2.01. The number of aliphatic imine (C=N–C) groups is 1. The first-order valence-corrected chi connectivity index (χ1v) is 5.09. The summed E-state index contributed by atoms with van der Waals surface area (Å²) in [6.07, 6.45) is 8.24. The van der Waals surface area contributed by atoms with Crippen molar-refractivity contribution < 1.29 is 0 Å². The number of nitrogens with zero attached hydrogens (tertiary/aromatic N) is 1. The molecule has 1 nitrogen and oxygen atoms in total. The predicted octanol–water partition coefficient (Wildman–Crippen LogP) is 3.94. The van der Waals surface area contributed by atoms with Crippen LogP contribution in [0.4, 0.5) is 0 Å². The highest BCUT2D eigenvalue weighted by atomic mass is 14.7. The van der Waals surface area contributed by atoms with Gasteiger partial charge < -0.3 is 0 Å². The van der Waals surface area contributed by atoms with Crippen LogP contribution in [-0.4, -0.2) is 12.8 Å². The standard InChI is InChI=1S/C13H21N/c1-6-8-11(3)12(4)9-10-13(7-2)14-5/h7,9-10H,2,6,8H2,1,3-5H3/b10-9-,12-11+,14-13?. The van der Waals surface area contributed by atoms with Crippen molar-refractivity contribution in [3.05, 3.63) is 36.0 Å². The zero-order valence-corrected chi connectivity index (χ0v) is 9.80. The van der Waals surface area contributed by atoms with Gasteiger partial charge in [0.1, 0.15) is 0 Å². The van der Waals surface area contributed by atoms with Gasteiger partial charge in [0.15, 0.2) is 0 Å². The maximum atomic E-state index is 4.07. The molecule has 14 heavy (non-hydrogen) atoms. The van der Waals surface area contributed by atoms with Gasteiger partial charge >= 0.3 is 0 Å². The van der Waals surface area contributed by atoms with Crippen molar-refractivity contribution in [2.24, 2.45) is 4.99 Å². The number of hydrogen-bond donors (Lipinski definition) is 0. The van der Waals surface area contributed by atoms with Gasteiger partial charge in [-0.25, -0.2) is 0 Å². The highest BCUT2D eigenvalue weighted by molar-refractivity contribution is 6.03. The Hall–Kier alpha value is -1.11. The smallest absolute Gasteiger partial charge is 0.0565 e. The normalized spacial score (nSPS) is 14.4. The van der Waals surface area contributed by atoms with E-state index in [1.807, 2.05) is 6.08 Å². The Kier molecular flexibility index (Phi) is 6.73. The maximum absolute atomic E-state index is 4.07. The Balaban J connectivity index is 4.51. The molecule has 0 atom stereocenters. The zero-order valence-electron chi connectivity index (χ0n) is 9.80. The van der Waals surface area contributed by atoms with E-state index >= 15 is 0 Å². The van der Waals surface area contributed by atoms with Crippen LogP contribution in [0.1, 0.15) is 33.6 Å². The molecule has 0 radical (unpaired) electrons. The van der Waals surface area contributed by atoms with Crippen molar-refractivity contribution in [3.63, 3.8) is 0 Å². The molecule has 0 aliphatic rings. The van der Waals surface area contributed by atoms with E-state index in [9.17, 15) is 0 Å². The highest BCUT2D eigenvalue weighted by Gasteiger charge is 1.92. The molecule has 0 N–H and O–H groups in total. The Labute approximate surface area is 87.9 Å². The second-order valence-corrected chi connectivity index (χ2v) is 3.40. The fourth-order valence-corrected chi connectivity index (χ4v) is 1.16. The number of rotatable bonds is 5. The molecule has 0 aliphatic heterocycles. The zero-order chi connectivity index (χ0) is 11.0. The molecule has 0 rings (SSSR count). The van der Waals surface area contributed by atoms with E-state index in [4.69, 9.17) is 0 Å². The minimum Gasteiger partial charge on any atom is -0.289 e. The predicted molar refractivity (Wildman–Crippen MR) is 66.0 cm³/mol.